The molecule has 5 N–H and O–H groups in total. The first-order valence-electron chi connectivity index (χ1n) is 12.6. The second-order valence-corrected chi connectivity index (χ2v) is 13.7. The van der Waals surface area contributed by atoms with Crippen LogP contribution in [0.5, 0.6) is 0 Å². The molecule has 6 unspecified atom stereocenters. The van der Waals surface area contributed by atoms with E-state index in [2.05, 4.69) is 71.4 Å². The van der Waals surface area contributed by atoms with Crippen LogP contribution in [0.4, 0.5) is 13.2 Å². The van der Waals surface area contributed by atoms with E-state index in [1.165, 1.54) is 0 Å². The Hall–Kier alpha value is -1.07. The number of carbonyl (C=O) groups is 3. The van der Waals surface area contributed by atoms with Gasteiger partial charge in [-0.25, -0.2) is 0 Å². The van der Waals surface area contributed by atoms with Crippen molar-refractivity contribution >= 4 is 68.9 Å². The summed E-state index contributed by atoms with van der Waals surface area (Å²) in [5, 5.41) is 20.6. The fraction of sp³-hybridized carbons (Fsp3) is 0.826. The van der Waals surface area contributed by atoms with Gasteiger partial charge in [-0.3, -0.25) is 19.4 Å². The maximum Gasteiger partial charge on any atom is 0.391 e. The molecule has 1 heterocycles. The molecule has 6 atom stereocenters. The van der Waals surface area contributed by atoms with Gasteiger partial charge in [0.2, 0.25) is 11.8 Å². The number of amides is 2. The number of rotatable bonds is 8. The van der Waals surface area contributed by atoms with Gasteiger partial charge < -0.3 is 26.4 Å². The number of guanidine groups is 1. The molecule has 1 aliphatic heterocycles. The maximum atomic E-state index is 13.6. The molecule has 3 rings (SSSR count). The van der Waals surface area contributed by atoms with Crippen LogP contribution in [0.2, 0.25) is 0 Å². The lowest BCUT2D eigenvalue weighted by molar-refractivity contribution is -0.188. The Balaban J connectivity index is 1.57. The van der Waals surface area contributed by atoms with Gasteiger partial charge >= 0.3 is 12.1 Å². The first-order chi connectivity index (χ1) is 17.4. The van der Waals surface area contributed by atoms with Crippen LogP contribution < -0.4 is 21.3 Å². The summed E-state index contributed by atoms with van der Waals surface area (Å²) < 4.78 is 41.6. The molecule has 0 spiro atoms. The van der Waals surface area contributed by atoms with Crippen LogP contribution in [-0.2, 0) is 14.4 Å². The highest BCUT2D eigenvalue weighted by molar-refractivity contribution is 14.1. The molecule has 0 radical (unpaired) electrons. The average molecular weight is 755 g/mol. The molecule has 14 heteroatoms. The fourth-order valence-corrected chi connectivity index (χ4v) is 8.89. The van der Waals surface area contributed by atoms with Gasteiger partial charge in [-0.2, -0.15) is 13.2 Å². The molecule has 3 aliphatic rings. The minimum atomic E-state index is -4.44. The van der Waals surface area contributed by atoms with Crippen LogP contribution in [0.25, 0.3) is 0 Å². The van der Waals surface area contributed by atoms with Crippen LogP contribution in [0, 0.1) is 17.8 Å². The molecule has 210 valence electrons. The second kappa shape index (κ2) is 13.8. The zero-order chi connectivity index (χ0) is 27.2. The molecule has 0 aromatic heterocycles. The molecule has 2 saturated carbocycles. The number of carbonyl (C=O) groups excluding carboxylic acids is 2. The number of hydrogen-bond acceptors (Lipinski definition) is 6. The molecule has 37 heavy (non-hydrogen) atoms. The Bertz CT molecular complexity index is 853. The summed E-state index contributed by atoms with van der Waals surface area (Å²) in [6.45, 7) is 0.855. The predicted octanol–water partition coefficient (Wildman–Crippen LogP) is 2.76. The van der Waals surface area contributed by atoms with Crippen molar-refractivity contribution in [2.24, 2.45) is 22.7 Å². The largest absolute Gasteiger partial charge is 0.481 e. The smallest absolute Gasteiger partial charge is 0.391 e. The third-order valence-corrected chi connectivity index (χ3v) is 9.17. The second-order valence-electron chi connectivity index (χ2n) is 10.1. The van der Waals surface area contributed by atoms with Gasteiger partial charge in [-0.15, -0.1) is 0 Å². The minimum Gasteiger partial charge on any atom is -0.481 e. The van der Waals surface area contributed by atoms with Gasteiger partial charge in [0.15, 0.2) is 5.96 Å². The normalized spacial score (nSPS) is 31.3. The summed E-state index contributed by atoms with van der Waals surface area (Å²) in [5.41, 5.74) is 0. The number of alkyl halides is 5. The van der Waals surface area contributed by atoms with E-state index < -0.39 is 54.4 Å². The molecule has 0 saturated heterocycles. The summed E-state index contributed by atoms with van der Waals surface area (Å²) in [6, 6.07) is -1.15. The fourth-order valence-electron chi connectivity index (χ4n) is 5.39. The van der Waals surface area contributed by atoms with Gasteiger partial charge in [0, 0.05) is 38.9 Å². The van der Waals surface area contributed by atoms with Crippen molar-refractivity contribution in [1.29, 1.82) is 0 Å². The van der Waals surface area contributed by atoms with E-state index in [0.29, 0.717) is 26.9 Å². The van der Waals surface area contributed by atoms with E-state index >= 15 is 0 Å². The summed E-state index contributed by atoms with van der Waals surface area (Å²) in [4.78, 5) is 41.1. The van der Waals surface area contributed by atoms with Crippen LogP contribution in [0.1, 0.15) is 51.4 Å². The molecule has 0 aromatic rings. The Kier molecular flexibility index (Phi) is 11.4. The summed E-state index contributed by atoms with van der Waals surface area (Å²) in [7, 11) is 0. The van der Waals surface area contributed by atoms with E-state index in [1.807, 2.05) is 0 Å². The van der Waals surface area contributed by atoms with Crippen molar-refractivity contribution in [3.63, 3.8) is 0 Å². The summed E-state index contributed by atoms with van der Waals surface area (Å²) in [5.74, 6) is -4.27. The van der Waals surface area contributed by atoms with Gasteiger partial charge in [0.05, 0.1) is 18.9 Å². The first kappa shape index (κ1) is 30.5. The monoisotopic (exact) mass is 755 g/mol. The highest BCUT2D eigenvalue weighted by Gasteiger charge is 2.46. The Labute approximate surface area is 241 Å². The molecule has 2 aliphatic carbocycles. The first-order valence-corrected chi connectivity index (χ1v) is 15.1. The summed E-state index contributed by atoms with van der Waals surface area (Å²) >= 11 is 4.69. The number of nitrogens with one attached hydrogen (secondary N) is 4. The van der Waals surface area contributed by atoms with Crippen LogP contribution in [-0.4, -0.2) is 74.6 Å². The van der Waals surface area contributed by atoms with E-state index in [0.717, 1.165) is 25.7 Å². The van der Waals surface area contributed by atoms with E-state index in [4.69, 9.17) is 0 Å². The number of carboxylic acid groups (broad SMARTS) is 1. The van der Waals surface area contributed by atoms with Gasteiger partial charge in [-0.1, -0.05) is 45.2 Å². The topological polar surface area (TPSA) is 132 Å². The molecular weight excluding hydrogens is 721 g/mol. The quantitative estimate of drug-likeness (QED) is 0.192. The van der Waals surface area contributed by atoms with Crippen molar-refractivity contribution in [1.82, 2.24) is 21.3 Å². The highest BCUT2D eigenvalue weighted by atomic mass is 127. The molecule has 0 bridgehead atoms. The van der Waals surface area contributed by atoms with E-state index in [1.54, 1.807) is 0 Å². The highest BCUT2D eigenvalue weighted by Crippen LogP contribution is 2.40. The SMILES string of the molecule is O=C(O)CC(NC(=O)CNC(=O)C1CC(NC2=NCCCN2)CC(C(F)(F)F)C1)C1CC(I)CC(I)C1. The third kappa shape index (κ3) is 9.88. The van der Waals surface area contributed by atoms with Crippen molar-refractivity contribution in [3.8, 4) is 0 Å². The lowest BCUT2D eigenvalue weighted by atomic mass is 9.77. The standard InChI is InChI=1S/C23H34F3I2N5O4/c24-23(25,26)14-4-13(7-17(8-14)32-22-29-2-1-3-30-22)21(37)31-11-19(34)33-18(10-20(35)36)12-5-15(27)9-16(28)6-12/h12-18H,1-11H2,(H,31,37)(H,33,34)(H,35,36)(H2,29,30,32). The molecule has 9 nitrogen and oxygen atoms in total. The Morgan fingerprint density at radius 2 is 1.78 bits per heavy atom. The van der Waals surface area contributed by atoms with E-state index in [-0.39, 0.29) is 31.6 Å². The lowest BCUT2D eigenvalue weighted by Gasteiger charge is -2.36. The Morgan fingerprint density at radius 1 is 1.08 bits per heavy atom. The van der Waals surface area contributed by atoms with Crippen molar-refractivity contribution in [3.05, 3.63) is 0 Å². The maximum absolute atomic E-state index is 13.6. The summed E-state index contributed by atoms with van der Waals surface area (Å²) in [6.07, 6.45) is -1.50. The number of hydrogen-bond donors (Lipinski definition) is 5. The van der Waals surface area contributed by atoms with Crippen molar-refractivity contribution in [2.75, 3.05) is 19.6 Å². The van der Waals surface area contributed by atoms with Gasteiger partial charge in [0.25, 0.3) is 0 Å². The van der Waals surface area contributed by atoms with Gasteiger partial charge in [-0.05, 0) is 50.9 Å². The molecule has 2 fully saturated rings. The molecule has 2 amide bonds. The van der Waals surface area contributed by atoms with Crippen molar-refractivity contribution in [2.45, 2.75) is 77.5 Å². The number of carboxylic acids is 1. The number of aliphatic carboxylic acids is 1. The number of halogens is 5. The van der Waals surface area contributed by atoms with Crippen LogP contribution >= 0.6 is 45.2 Å². The number of aliphatic imine (C=N–C) groups is 1. The lowest BCUT2D eigenvalue weighted by Crippen LogP contribution is -2.52. The minimum absolute atomic E-state index is 0.00216. The van der Waals surface area contributed by atoms with E-state index in [9.17, 15) is 32.7 Å². The molecule has 0 aromatic carbocycles. The van der Waals surface area contributed by atoms with Crippen LogP contribution in [0.15, 0.2) is 4.99 Å². The Morgan fingerprint density at radius 3 is 2.38 bits per heavy atom. The van der Waals surface area contributed by atoms with Gasteiger partial charge in [0.1, 0.15) is 0 Å². The zero-order valence-corrected chi connectivity index (χ0v) is 24.6. The predicted molar refractivity (Wildman–Crippen MR) is 149 cm³/mol. The van der Waals surface area contributed by atoms with Crippen LogP contribution in [0.3, 0.4) is 0 Å². The molecular formula is C23H34F3I2N5O4. The zero-order valence-electron chi connectivity index (χ0n) is 20.3. The third-order valence-electron chi connectivity index (χ3n) is 7.14. The number of nitrogens with zero attached hydrogens (tertiary/aromatic N) is 1. The van der Waals surface area contributed by atoms with Crippen molar-refractivity contribution < 1.29 is 32.7 Å². The average Bonchev–Trinajstić information content (AvgIpc) is 2.81.